The molecule has 0 spiro atoms. The third-order valence-electron chi connectivity index (χ3n) is 1.23. The van der Waals surface area contributed by atoms with Gasteiger partial charge in [-0.3, -0.25) is 0 Å². The average Bonchev–Trinajstić information content (AvgIpc) is 1.58. The molecule has 0 radical (unpaired) electrons. The number of rotatable bonds is 4. The monoisotopic (exact) mass is 148 g/mol. The van der Waals surface area contributed by atoms with Crippen molar-refractivity contribution in [2.75, 3.05) is 0 Å². The lowest BCUT2D eigenvalue weighted by molar-refractivity contribution is 0.0508. The number of hydrogen-bond donors (Lipinski definition) is 3. The van der Waals surface area contributed by atoms with Crippen LogP contribution in [0.4, 0.5) is 0 Å². The fourth-order valence-electron chi connectivity index (χ4n) is 0.884. The summed E-state index contributed by atoms with van der Waals surface area (Å²) in [4.78, 5) is 0. The van der Waals surface area contributed by atoms with E-state index in [0.29, 0.717) is 12.8 Å². The molecule has 62 valence electrons. The third kappa shape index (κ3) is 6.01. The van der Waals surface area contributed by atoms with Crippen LogP contribution in [0, 0.1) is 0 Å². The van der Waals surface area contributed by atoms with E-state index in [9.17, 15) is 0 Å². The van der Waals surface area contributed by atoms with E-state index in [1.807, 2.05) is 0 Å². The SMILES string of the molecule is C[C@H](O)CC(O)C[C@@H](C)O. The Bertz CT molecular complexity index is 70.9. The zero-order chi connectivity index (χ0) is 8.15. The molecule has 0 aliphatic heterocycles. The molecular weight excluding hydrogens is 132 g/mol. The van der Waals surface area contributed by atoms with Crippen molar-refractivity contribution in [3.63, 3.8) is 0 Å². The van der Waals surface area contributed by atoms with Crippen molar-refractivity contribution in [1.82, 2.24) is 0 Å². The molecule has 0 aromatic rings. The molecule has 0 saturated carbocycles. The second kappa shape index (κ2) is 4.66. The van der Waals surface area contributed by atoms with E-state index in [0.717, 1.165) is 0 Å². The predicted octanol–water partition coefficient (Wildman–Crippen LogP) is -0.111. The summed E-state index contributed by atoms with van der Waals surface area (Å²) in [6.07, 6.45) is -0.891. The van der Waals surface area contributed by atoms with Gasteiger partial charge in [0, 0.05) is 0 Å². The van der Waals surface area contributed by atoms with E-state index in [1.165, 1.54) is 0 Å². The minimum absolute atomic E-state index is 0.338. The first-order valence-electron chi connectivity index (χ1n) is 3.56. The Labute approximate surface area is 61.3 Å². The van der Waals surface area contributed by atoms with Crippen LogP contribution in [-0.2, 0) is 0 Å². The fourth-order valence-corrected chi connectivity index (χ4v) is 0.884. The van der Waals surface area contributed by atoms with Crippen molar-refractivity contribution in [1.29, 1.82) is 0 Å². The summed E-state index contributed by atoms with van der Waals surface area (Å²) in [5.41, 5.74) is 0. The first-order chi connectivity index (χ1) is 4.52. The van der Waals surface area contributed by atoms with Crippen LogP contribution in [0.1, 0.15) is 26.7 Å². The van der Waals surface area contributed by atoms with Gasteiger partial charge in [-0.25, -0.2) is 0 Å². The van der Waals surface area contributed by atoms with Gasteiger partial charge >= 0.3 is 0 Å². The van der Waals surface area contributed by atoms with Crippen molar-refractivity contribution >= 4 is 0 Å². The lowest BCUT2D eigenvalue weighted by atomic mass is 10.1. The van der Waals surface area contributed by atoms with Gasteiger partial charge in [-0.05, 0) is 26.7 Å². The van der Waals surface area contributed by atoms with E-state index >= 15 is 0 Å². The normalized spacial score (nSPS) is 20.1. The number of hydrogen-bond acceptors (Lipinski definition) is 3. The molecular formula is C7H16O3. The zero-order valence-electron chi connectivity index (χ0n) is 6.49. The Morgan fingerprint density at radius 1 is 0.900 bits per heavy atom. The molecule has 1 unspecified atom stereocenters. The Morgan fingerprint density at radius 3 is 1.40 bits per heavy atom. The van der Waals surface area contributed by atoms with Crippen LogP contribution in [-0.4, -0.2) is 33.6 Å². The standard InChI is InChI=1S/C7H16O3/c1-5(8)3-7(10)4-6(2)9/h5-10H,3-4H2,1-2H3/t5-,6+,7?. The molecule has 0 fully saturated rings. The largest absolute Gasteiger partial charge is 0.393 e. The van der Waals surface area contributed by atoms with E-state index in [4.69, 9.17) is 15.3 Å². The number of aliphatic hydroxyl groups excluding tert-OH is 3. The molecule has 0 heterocycles. The zero-order valence-corrected chi connectivity index (χ0v) is 6.49. The van der Waals surface area contributed by atoms with Crippen LogP contribution >= 0.6 is 0 Å². The van der Waals surface area contributed by atoms with Crippen LogP contribution in [0.2, 0.25) is 0 Å². The van der Waals surface area contributed by atoms with Gasteiger partial charge in [-0.1, -0.05) is 0 Å². The minimum Gasteiger partial charge on any atom is -0.393 e. The third-order valence-corrected chi connectivity index (χ3v) is 1.23. The fraction of sp³-hybridized carbons (Fsp3) is 1.00. The molecule has 0 saturated heterocycles. The summed E-state index contributed by atoms with van der Waals surface area (Å²) >= 11 is 0. The van der Waals surface area contributed by atoms with Crippen molar-refractivity contribution in [3.8, 4) is 0 Å². The van der Waals surface area contributed by atoms with Crippen molar-refractivity contribution < 1.29 is 15.3 Å². The van der Waals surface area contributed by atoms with Gasteiger partial charge in [0.25, 0.3) is 0 Å². The van der Waals surface area contributed by atoms with E-state index in [-0.39, 0.29) is 0 Å². The predicted molar refractivity (Wildman–Crippen MR) is 38.6 cm³/mol. The van der Waals surface area contributed by atoms with E-state index < -0.39 is 18.3 Å². The first-order valence-corrected chi connectivity index (χ1v) is 3.56. The smallest absolute Gasteiger partial charge is 0.0589 e. The molecule has 0 aromatic heterocycles. The summed E-state index contributed by atoms with van der Waals surface area (Å²) in [7, 11) is 0. The molecule has 3 nitrogen and oxygen atoms in total. The van der Waals surface area contributed by atoms with Crippen LogP contribution in [0.5, 0.6) is 0 Å². The molecule has 0 rings (SSSR count). The topological polar surface area (TPSA) is 60.7 Å². The minimum atomic E-state index is -0.583. The highest BCUT2D eigenvalue weighted by molar-refractivity contribution is 4.62. The molecule has 3 heteroatoms. The van der Waals surface area contributed by atoms with Gasteiger partial charge in [-0.15, -0.1) is 0 Å². The molecule has 0 aliphatic rings. The second-order valence-electron chi connectivity index (χ2n) is 2.82. The Balaban J connectivity index is 3.34. The van der Waals surface area contributed by atoms with Crippen LogP contribution in [0.15, 0.2) is 0 Å². The molecule has 0 bridgehead atoms. The maximum absolute atomic E-state index is 9.07. The van der Waals surface area contributed by atoms with Gasteiger partial charge in [0.05, 0.1) is 18.3 Å². The first kappa shape index (κ1) is 9.88. The number of aliphatic hydroxyl groups is 3. The molecule has 0 aliphatic carbocycles. The quantitative estimate of drug-likeness (QED) is 0.521. The highest BCUT2D eigenvalue weighted by Gasteiger charge is 2.09. The van der Waals surface area contributed by atoms with Crippen LogP contribution < -0.4 is 0 Å². The maximum Gasteiger partial charge on any atom is 0.0589 e. The Morgan fingerprint density at radius 2 is 1.20 bits per heavy atom. The summed E-state index contributed by atoms with van der Waals surface area (Å²) in [5, 5.41) is 26.7. The molecule has 3 N–H and O–H groups in total. The summed E-state index contributed by atoms with van der Waals surface area (Å²) in [6.45, 7) is 3.23. The van der Waals surface area contributed by atoms with Crippen LogP contribution in [0.3, 0.4) is 0 Å². The van der Waals surface area contributed by atoms with Crippen LogP contribution in [0.25, 0.3) is 0 Å². The molecule has 10 heavy (non-hydrogen) atoms. The van der Waals surface area contributed by atoms with Gasteiger partial charge < -0.3 is 15.3 Å². The molecule has 0 aromatic carbocycles. The highest BCUT2D eigenvalue weighted by Crippen LogP contribution is 2.04. The molecule has 0 amide bonds. The van der Waals surface area contributed by atoms with Crippen molar-refractivity contribution in [2.24, 2.45) is 0 Å². The van der Waals surface area contributed by atoms with Gasteiger partial charge in [0.1, 0.15) is 0 Å². The van der Waals surface area contributed by atoms with E-state index in [2.05, 4.69) is 0 Å². The maximum atomic E-state index is 9.07. The Kier molecular flexibility index (Phi) is 4.60. The van der Waals surface area contributed by atoms with E-state index in [1.54, 1.807) is 13.8 Å². The molecule has 3 atom stereocenters. The lowest BCUT2D eigenvalue weighted by Crippen LogP contribution is -2.19. The van der Waals surface area contributed by atoms with Gasteiger partial charge in [-0.2, -0.15) is 0 Å². The van der Waals surface area contributed by atoms with Crippen molar-refractivity contribution in [2.45, 2.75) is 45.0 Å². The lowest BCUT2D eigenvalue weighted by Gasteiger charge is -2.13. The second-order valence-corrected chi connectivity index (χ2v) is 2.82. The average molecular weight is 148 g/mol. The summed E-state index contributed by atoms with van der Waals surface area (Å²) in [5.74, 6) is 0. The summed E-state index contributed by atoms with van der Waals surface area (Å²) in [6, 6.07) is 0. The summed E-state index contributed by atoms with van der Waals surface area (Å²) < 4.78 is 0. The highest BCUT2D eigenvalue weighted by atomic mass is 16.3. The Hall–Kier alpha value is -0.120. The van der Waals surface area contributed by atoms with Gasteiger partial charge in [0.2, 0.25) is 0 Å². The van der Waals surface area contributed by atoms with Crippen molar-refractivity contribution in [3.05, 3.63) is 0 Å². The van der Waals surface area contributed by atoms with Gasteiger partial charge in [0.15, 0.2) is 0 Å².